The number of aromatic nitrogens is 1. The van der Waals surface area contributed by atoms with Crippen molar-refractivity contribution in [3.63, 3.8) is 0 Å². The Morgan fingerprint density at radius 3 is 2.12 bits per heavy atom. The monoisotopic (exact) mass is 237 g/mol. The second-order valence-corrected chi connectivity index (χ2v) is 4.83. The number of carbonyl (C=O) groups is 1. The van der Waals surface area contributed by atoms with Gasteiger partial charge in [-0.3, -0.25) is 4.79 Å². The molecule has 0 fully saturated rings. The molecule has 0 aliphatic rings. The van der Waals surface area contributed by atoms with Gasteiger partial charge in [-0.15, -0.1) is 0 Å². The van der Waals surface area contributed by atoms with Crippen molar-refractivity contribution in [2.45, 2.75) is 40.2 Å². The first kappa shape index (κ1) is 13.5. The molecule has 1 rings (SSSR count). The first-order valence-corrected chi connectivity index (χ1v) is 5.75. The van der Waals surface area contributed by atoms with Gasteiger partial charge in [0.05, 0.1) is 0 Å². The van der Waals surface area contributed by atoms with Gasteiger partial charge in [0.1, 0.15) is 6.04 Å². The number of pyridine rings is 1. The van der Waals surface area contributed by atoms with Crippen molar-refractivity contribution in [2.24, 2.45) is 5.92 Å². The van der Waals surface area contributed by atoms with Crippen molar-refractivity contribution in [1.29, 1.82) is 0 Å². The molecule has 17 heavy (non-hydrogen) atoms. The number of hydrogen-bond donors (Lipinski definition) is 1. The zero-order valence-electron chi connectivity index (χ0n) is 10.7. The van der Waals surface area contributed by atoms with Crippen LogP contribution >= 0.6 is 0 Å². The molecular formula is C13H19NO3. The van der Waals surface area contributed by atoms with Gasteiger partial charge in [0, 0.05) is 23.5 Å². The van der Waals surface area contributed by atoms with Crippen molar-refractivity contribution in [1.82, 2.24) is 4.57 Å². The minimum Gasteiger partial charge on any atom is -0.480 e. The maximum Gasteiger partial charge on any atom is 0.326 e. The third-order valence-corrected chi connectivity index (χ3v) is 2.75. The summed E-state index contributed by atoms with van der Waals surface area (Å²) in [5, 5.41) is 9.29. The lowest BCUT2D eigenvalue weighted by Gasteiger charge is -2.23. The van der Waals surface area contributed by atoms with Crippen LogP contribution in [0.15, 0.2) is 16.9 Å². The Bertz CT molecular complexity index is 448. The number of carboxylic acids is 1. The molecule has 0 aromatic carbocycles. The Morgan fingerprint density at radius 2 is 1.76 bits per heavy atom. The van der Waals surface area contributed by atoms with E-state index in [2.05, 4.69) is 0 Å². The van der Waals surface area contributed by atoms with E-state index in [4.69, 9.17) is 0 Å². The number of nitrogens with zero attached hydrogens (tertiary/aromatic N) is 1. The van der Waals surface area contributed by atoms with Crippen LogP contribution in [-0.4, -0.2) is 15.6 Å². The highest BCUT2D eigenvalue weighted by Crippen LogP contribution is 2.21. The Balaban J connectivity index is 3.28. The quantitative estimate of drug-likeness (QED) is 0.872. The fourth-order valence-electron chi connectivity index (χ4n) is 2.13. The van der Waals surface area contributed by atoms with Crippen LogP contribution in [0.1, 0.15) is 37.7 Å². The first-order valence-electron chi connectivity index (χ1n) is 5.75. The van der Waals surface area contributed by atoms with E-state index in [9.17, 15) is 14.7 Å². The molecule has 1 heterocycles. The van der Waals surface area contributed by atoms with E-state index in [1.54, 1.807) is 18.4 Å². The molecule has 0 aliphatic carbocycles. The molecular weight excluding hydrogens is 218 g/mol. The third kappa shape index (κ3) is 3.19. The average Bonchev–Trinajstić information content (AvgIpc) is 2.13. The van der Waals surface area contributed by atoms with Crippen molar-refractivity contribution < 1.29 is 9.90 Å². The van der Waals surface area contributed by atoms with Crippen LogP contribution < -0.4 is 5.43 Å². The lowest BCUT2D eigenvalue weighted by Crippen LogP contribution is -2.26. The molecule has 1 aromatic rings. The molecule has 0 amide bonds. The highest BCUT2D eigenvalue weighted by molar-refractivity contribution is 5.72. The number of aliphatic carboxylic acids is 1. The van der Waals surface area contributed by atoms with Crippen LogP contribution in [0.4, 0.5) is 0 Å². The molecule has 1 atom stereocenters. The summed E-state index contributed by atoms with van der Waals surface area (Å²) in [6, 6.07) is 2.35. The fraction of sp³-hybridized carbons (Fsp3) is 0.538. The van der Waals surface area contributed by atoms with Gasteiger partial charge in [-0.05, 0) is 26.2 Å². The Morgan fingerprint density at radius 1 is 1.29 bits per heavy atom. The summed E-state index contributed by atoms with van der Waals surface area (Å²) < 4.78 is 1.73. The van der Waals surface area contributed by atoms with Crippen molar-refractivity contribution in [3.8, 4) is 0 Å². The van der Waals surface area contributed by atoms with E-state index >= 15 is 0 Å². The minimum atomic E-state index is -0.853. The molecule has 4 heteroatoms. The van der Waals surface area contributed by atoms with Gasteiger partial charge in [0.2, 0.25) is 0 Å². The highest BCUT2D eigenvalue weighted by Gasteiger charge is 2.22. The normalized spacial score (nSPS) is 12.8. The summed E-state index contributed by atoms with van der Waals surface area (Å²) in [6.45, 7) is 7.52. The van der Waals surface area contributed by atoms with E-state index < -0.39 is 12.0 Å². The molecule has 1 unspecified atom stereocenters. The van der Waals surface area contributed by atoms with Gasteiger partial charge in [-0.1, -0.05) is 13.8 Å². The number of hydrogen-bond acceptors (Lipinski definition) is 2. The lowest BCUT2D eigenvalue weighted by molar-refractivity contribution is -0.141. The predicted molar refractivity (Wildman–Crippen MR) is 66.3 cm³/mol. The Hall–Kier alpha value is -1.58. The molecule has 4 nitrogen and oxygen atoms in total. The fourth-order valence-corrected chi connectivity index (χ4v) is 2.13. The average molecular weight is 237 g/mol. The Labute approximate surface area is 101 Å². The van der Waals surface area contributed by atoms with Crippen LogP contribution in [0.5, 0.6) is 0 Å². The van der Waals surface area contributed by atoms with Crippen molar-refractivity contribution in [3.05, 3.63) is 33.7 Å². The summed E-state index contributed by atoms with van der Waals surface area (Å²) in [7, 11) is 0. The SMILES string of the molecule is Cc1cc(=O)cc(C)n1C(CC(C)C)C(=O)O. The Kier molecular flexibility index (Phi) is 4.10. The third-order valence-electron chi connectivity index (χ3n) is 2.75. The first-order chi connectivity index (χ1) is 7.82. The molecule has 0 saturated carbocycles. The molecule has 0 radical (unpaired) electrons. The maximum atomic E-state index is 11.3. The summed E-state index contributed by atoms with van der Waals surface area (Å²) in [4.78, 5) is 22.6. The largest absolute Gasteiger partial charge is 0.480 e. The van der Waals surface area contributed by atoms with Gasteiger partial charge in [-0.25, -0.2) is 4.79 Å². The van der Waals surface area contributed by atoms with Crippen molar-refractivity contribution >= 4 is 5.97 Å². The van der Waals surface area contributed by atoms with Gasteiger partial charge in [0.15, 0.2) is 5.43 Å². The van der Waals surface area contributed by atoms with Gasteiger partial charge in [-0.2, -0.15) is 0 Å². The van der Waals surface area contributed by atoms with Gasteiger partial charge < -0.3 is 9.67 Å². The van der Waals surface area contributed by atoms with E-state index in [1.807, 2.05) is 13.8 Å². The summed E-state index contributed by atoms with van der Waals surface area (Å²) in [5.41, 5.74) is 1.32. The zero-order chi connectivity index (χ0) is 13.2. The van der Waals surface area contributed by atoms with E-state index in [0.29, 0.717) is 17.8 Å². The van der Waals surface area contributed by atoms with Crippen LogP contribution in [0.25, 0.3) is 0 Å². The minimum absolute atomic E-state index is 0.0788. The summed E-state index contributed by atoms with van der Waals surface area (Å²) >= 11 is 0. The molecule has 0 saturated heterocycles. The molecule has 0 aliphatic heterocycles. The van der Waals surface area contributed by atoms with Crippen LogP contribution in [0.3, 0.4) is 0 Å². The topological polar surface area (TPSA) is 59.3 Å². The van der Waals surface area contributed by atoms with Crippen molar-refractivity contribution in [2.75, 3.05) is 0 Å². The summed E-state index contributed by atoms with van der Waals surface area (Å²) in [5.74, 6) is -0.567. The highest BCUT2D eigenvalue weighted by atomic mass is 16.4. The second kappa shape index (κ2) is 5.17. The predicted octanol–water partition coefficient (Wildman–Crippen LogP) is 2.14. The molecule has 0 spiro atoms. The number of rotatable bonds is 4. The lowest BCUT2D eigenvalue weighted by atomic mass is 10.0. The molecule has 1 aromatic heterocycles. The smallest absolute Gasteiger partial charge is 0.326 e. The van der Waals surface area contributed by atoms with E-state index in [-0.39, 0.29) is 11.3 Å². The molecule has 1 N–H and O–H groups in total. The van der Waals surface area contributed by atoms with E-state index in [1.165, 1.54) is 12.1 Å². The standard InChI is InChI=1S/C13H19NO3/c1-8(2)5-12(13(16)17)14-9(3)6-11(15)7-10(14)4/h6-8,12H,5H2,1-4H3,(H,16,17). The molecule has 0 bridgehead atoms. The number of carboxylic acid groups (broad SMARTS) is 1. The van der Waals surface area contributed by atoms with Gasteiger partial charge >= 0.3 is 5.97 Å². The van der Waals surface area contributed by atoms with Crippen LogP contribution in [0, 0.1) is 19.8 Å². The van der Waals surface area contributed by atoms with Crippen LogP contribution in [0.2, 0.25) is 0 Å². The second-order valence-electron chi connectivity index (χ2n) is 4.83. The maximum absolute atomic E-state index is 11.3. The summed E-state index contributed by atoms with van der Waals surface area (Å²) in [6.07, 6.45) is 0.555. The molecule has 94 valence electrons. The van der Waals surface area contributed by atoms with Gasteiger partial charge in [0.25, 0.3) is 0 Å². The zero-order valence-corrected chi connectivity index (χ0v) is 10.7. The van der Waals surface area contributed by atoms with Crippen LogP contribution in [-0.2, 0) is 4.79 Å². The van der Waals surface area contributed by atoms with E-state index in [0.717, 1.165) is 0 Å². The number of aryl methyl sites for hydroxylation is 2.